The number of rotatable bonds is 3. The van der Waals surface area contributed by atoms with Gasteiger partial charge in [0, 0.05) is 24.9 Å². The van der Waals surface area contributed by atoms with Gasteiger partial charge in [-0.2, -0.15) is 0 Å². The third-order valence-corrected chi connectivity index (χ3v) is 4.68. The summed E-state index contributed by atoms with van der Waals surface area (Å²) in [5, 5.41) is 0. The molecule has 5 heteroatoms. The van der Waals surface area contributed by atoms with Crippen molar-refractivity contribution in [1.29, 1.82) is 0 Å². The highest BCUT2D eigenvalue weighted by Crippen LogP contribution is 2.47. The van der Waals surface area contributed by atoms with Gasteiger partial charge in [0.2, 0.25) is 5.91 Å². The molecule has 5 atom stereocenters. The maximum atomic E-state index is 12.2. The van der Waals surface area contributed by atoms with Crippen LogP contribution in [0.3, 0.4) is 0 Å². The Kier molecular flexibility index (Phi) is 4.19. The van der Waals surface area contributed by atoms with Gasteiger partial charge < -0.3 is 15.4 Å². The van der Waals surface area contributed by atoms with Gasteiger partial charge in [-0.15, -0.1) is 12.4 Å². The number of hydrogen-bond donors (Lipinski definition) is 1. The maximum Gasteiger partial charge on any atom is 0.239 e. The predicted octanol–water partition coefficient (Wildman–Crippen LogP) is 1.17. The van der Waals surface area contributed by atoms with Crippen molar-refractivity contribution in [2.45, 2.75) is 50.9 Å². The summed E-state index contributed by atoms with van der Waals surface area (Å²) in [5.74, 6) is 1.33. The number of likely N-dealkylation sites (tertiary alicyclic amines) is 1. The van der Waals surface area contributed by atoms with Crippen molar-refractivity contribution in [3.8, 4) is 0 Å². The van der Waals surface area contributed by atoms with E-state index in [1.54, 1.807) is 0 Å². The first-order chi connectivity index (χ1) is 8.20. The van der Waals surface area contributed by atoms with Crippen molar-refractivity contribution < 1.29 is 9.53 Å². The average Bonchev–Trinajstić information content (AvgIpc) is 2.99. The minimum Gasteiger partial charge on any atom is -0.374 e. The minimum atomic E-state index is -0.294. The fourth-order valence-corrected chi connectivity index (χ4v) is 3.81. The van der Waals surface area contributed by atoms with Gasteiger partial charge in [0.05, 0.1) is 18.2 Å². The van der Waals surface area contributed by atoms with Crippen LogP contribution in [0.2, 0.25) is 0 Å². The lowest BCUT2D eigenvalue weighted by molar-refractivity contribution is -0.132. The van der Waals surface area contributed by atoms with Crippen LogP contribution in [-0.4, -0.2) is 42.1 Å². The molecule has 0 spiro atoms. The summed E-state index contributed by atoms with van der Waals surface area (Å²) >= 11 is 0. The van der Waals surface area contributed by atoms with Gasteiger partial charge >= 0.3 is 0 Å². The molecule has 4 nitrogen and oxygen atoms in total. The molecule has 18 heavy (non-hydrogen) atoms. The molecule has 104 valence electrons. The van der Waals surface area contributed by atoms with E-state index in [0.717, 1.165) is 25.9 Å². The molecule has 0 aliphatic carbocycles. The molecule has 0 aromatic rings. The van der Waals surface area contributed by atoms with Crippen LogP contribution in [0.1, 0.15) is 32.6 Å². The van der Waals surface area contributed by atoms with E-state index < -0.39 is 0 Å². The lowest BCUT2D eigenvalue weighted by Gasteiger charge is -2.22. The van der Waals surface area contributed by atoms with E-state index in [-0.39, 0.29) is 24.4 Å². The molecule has 3 heterocycles. The van der Waals surface area contributed by atoms with Gasteiger partial charge in [0.1, 0.15) is 0 Å². The molecule has 3 rings (SSSR count). The number of halogens is 1. The Hall–Kier alpha value is -0.320. The van der Waals surface area contributed by atoms with Crippen LogP contribution in [0.4, 0.5) is 0 Å². The van der Waals surface area contributed by atoms with E-state index in [1.165, 1.54) is 12.8 Å². The summed E-state index contributed by atoms with van der Waals surface area (Å²) in [7, 11) is 0. The molecule has 0 saturated carbocycles. The number of nitrogens with two attached hydrogens (primary N) is 1. The summed E-state index contributed by atoms with van der Waals surface area (Å²) in [6, 6.07) is -0.294. The lowest BCUT2D eigenvalue weighted by Crippen LogP contribution is -2.43. The van der Waals surface area contributed by atoms with Crippen molar-refractivity contribution in [2.75, 3.05) is 13.1 Å². The van der Waals surface area contributed by atoms with Crippen molar-refractivity contribution in [3.63, 3.8) is 0 Å². The largest absolute Gasteiger partial charge is 0.374 e. The van der Waals surface area contributed by atoms with Crippen molar-refractivity contribution in [1.82, 2.24) is 4.90 Å². The number of hydrogen-bond acceptors (Lipinski definition) is 3. The van der Waals surface area contributed by atoms with Crippen LogP contribution in [0, 0.1) is 11.8 Å². The highest BCUT2D eigenvalue weighted by Gasteiger charge is 2.53. The number of carbonyl (C=O) groups excluding carboxylic acids is 1. The Bertz CT molecular complexity index is 308. The Morgan fingerprint density at radius 3 is 2.39 bits per heavy atom. The Morgan fingerprint density at radius 1 is 1.33 bits per heavy atom. The number of nitrogens with zero attached hydrogens (tertiary/aromatic N) is 1. The van der Waals surface area contributed by atoms with Crippen molar-refractivity contribution in [3.05, 3.63) is 0 Å². The van der Waals surface area contributed by atoms with E-state index in [0.29, 0.717) is 24.0 Å². The third-order valence-electron chi connectivity index (χ3n) is 4.68. The van der Waals surface area contributed by atoms with Crippen molar-refractivity contribution in [2.24, 2.45) is 17.6 Å². The fourth-order valence-electron chi connectivity index (χ4n) is 3.81. The molecular weight excluding hydrogens is 252 g/mol. The first-order valence-electron chi connectivity index (χ1n) is 6.90. The van der Waals surface area contributed by atoms with Gasteiger partial charge in [-0.05, 0) is 19.3 Å². The molecule has 1 amide bonds. The number of fused-ring (bicyclic) bond motifs is 5. The fraction of sp³-hybridized carbons (Fsp3) is 0.923. The zero-order valence-electron chi connectivity index (χ0n) is 10.9. The normalized spacial score (nSPS) is 38.4. The molecule has 0 radical (unpaired) electrons. The van der Waals surface area contributed by atoms with Crippen LogP contribution in [-0.2, 0) is 9.53 Å². The SMILES string of the molecule is CCCC(N)C(=O)N1CC2C3CCC(O3)C2C1.Cl. The molecule has 0 aromatic heterocycles. The minimum absolute atomic E-state index is 0. The van der Waals surface area contributed by atoms with Crippen LogP contribution in [0.5, 0.6) is 0 Å². The summed E-state index contributed by atoms with van der Waals surface area (Å²) in [4.78, 5) is 14.1. The summed E-state index contributed by atoms with van der Waals surface area (Å²) in [6.07, 6.45) is 5.00. The highest BCUT2D eigenvalue weighted by atomic mass is 35.5. The number of amides is 1. The summed E-state index contributed by atoms with van der Waals surface area (Å²) < 4.78 is 5.91. The van der Waals surface area contributed by atoms with E-state index in [4.69, 9.17) is 10.5 Å². The quantitative estimate of drug-likeness (QED) is 0.841. The Morgan fingerprint density at radius 2 is 1.89 bits per heavy atom. The molecule has 5 unspecified atom stereocenters. The third kappa shape index (κ3) is 2.15. The maximum absolute atomic E-state index is 12.2. The smallest absolute Gasteiger partial charge is 0.239 e. The van der Waals surface area contributed by atoms with Crippen LogP contribution in [0.25, 0.3) is 0 Å². The van der Waals surface area contributed by atoms with Crippen LogP contribution >= 0.6 is 12.4 Å². The molecule has 0 aromatic carbocycles. The van der Waals surface area contributed by atoms with E-state index in [9.17, 15) is 4.79 Å². The number of carbonyl (C=O) groups is 1. The van der Waals surface area contributed by atoms with E-state index >= 15 is 0 Å². The molecule has 3 fully saturated rings. The molecule has 3 aliphatic rings. The predicted molar refractivity (Wildman–Crippen MR) is 71.6 cm³/mol. The van der Waals surface area contributed by atoms with Gasteiger partial charge in [-0.25, -0.2) is 0 Å². The van der Waals surface area contributed by atoms with Gasteiger partial charge in [0.25, 0.3) is 0 Å². The van der Waals surface area contributed by atoms with E-state index in [2.05, 4.69) is 6.92 Å². The van der Waals surface area contributed by atoms with Gasteiger partial charge in [-0.3, -0.25) is 4.79 Å². The van der Waals surface area contributed by atoms with Crippen molar-refractivity contribution >= 4 is 18.3 Å². The topological polar surface area (TPSA) is 55.6 Å². The second-order valence-corrected chi connectivity index (χ2v) is 5.76. The number of ether oxygens (including phenoxy) is 1. The van der Waals surface area contributed by atoms with E-state index in [1.807, 2.05) is 4.90 Å². The first-order valence-corrected chi connectivity index (χ1v) is 6.90. The molecule has 2 N–H and O–H groups in total. The average molecular weight is 275 g/mol. The van der Waals surface area contributed by atoms with Crippen LogP contribution in [0.15, 0.2) is 0 Å². The highest BCUT2D eigenvalue weighted by molar-refractivity contribution is 5.85. The first kappa shape index (κ1) is 14.1. The van der Waals surface area contributed by atoms with Gasteiger partial charge in [-0.1, -0.05) is 13.3 Å². The molecule has 3 aliphatic heterocycles. The lowest BCUT2D eigenvalue weighted by atomic mass is 9.82. The van der Waals surface area contributed by atoms with Crippen LogP contribution < -0.4 is 5.73 Å². The van der Waals surface area contributed by atoms with Gasteiger partial charge in [0.15, 0.2) is 0 Å². The Balaban J connectivity index is 0.00000120. The molecule has 3 saturated heterocycles. The molecule has 2 bridgehead atoms. The second-order valence-electron chi connectivity index (χ2n) is 5.76. The summed E-state index contributed by atoms with van der Waals surface area (Å²) in [5.41, 5.74) is 5.92. The zero-order chi connectivity index (χ0) is 12.0. The summed E-state index contributed by atoms with van der Waals surface area (Å²) in [6.45, 7) is 3.82. The second kappa shape index (κ2) is 5.35. The Labute approximate surface area is 115 Å². The zero-order valence-corrected chi connectivity index (χ0v) is 11.7. The standard InChI is InChI=1S/C13H22N2O2.ClH/c1-2-3-10(14)13(16)15-6-8-9(7-15)12-5-4-11(8)17-12;/h8-12H,2-7,14H2,1H3;1H. The molecular formula is C13H23ClN2O2. The monoisotopic (exact) mass is 274 g/mol.